The summed E-state index contributed by atoms with van der Waals surface area (Å²) in [6, 6.07) is 2.55. The number of benzene rings is 1. The van der Waals surface area contributed by atoms with Crippen LogP contribution in [-0.2, 0) is 6.42 Å². The Kier molecular flexibility index (Phi) is 1.68. The highest BCUT2D eigenvalue weighted by molar-refractivity contribution is 6.02. The van der Waals surface area contributed by atoms with Crippen LogP contribution in [0.1, 0.15) is 22.8 Å². The van der Waals surface area contributed by atoms with Gasteiger partial charge in [-0.3, -0.25) is 4.79 Å². The monoisotopic (exact) mass is 182 g/mol. The second-order valence-electron chi connectivity index (χ2n) is 3.36. The Hall–Kier alpha value is -1.25. The van der Waals surface area contributed by atoms with Crippen LogP contribution in [0.2, 0.25) is 0 Å². The van der Waals surface area contributed by atoms with E-state index in [4.69, 9.17) is 0 Å². The summed E-state index contributed by atoms with van der Waals surface area (Å²) < 4.78 is 25.9. The van der Waals surface area contributed by atoms with E-state index < -0.39 is 11.6 Å². The molecule has 13 heavy (non-hydrogen) atoms. The van der Waals surface area contributed by atoms with Crippen LogP contribution < -0.4 is 0 Å². The minimum Gasteiger partial charge on any atom is -0.294 e. The number of hydrogen-bond acceptors (Lipinski definition) is 1. The number of ketones is 1. The van der Waals surface area contributed by atoms with E-state index in [0.717, 1.165) is 6.07 Å². The maximum Gasteiger partial charge on any atom is 0.169 e. The molecule has 0 radical (unpaired) electrons. The normalized spacial score (nSPS) is 20.5. The van der Waals surface area contributed by atoms with Crippen molar-refractivity contribution in [3.8, 4) is 0 Å². The van der Waals surface area contributed by atoms with Crippen LogP contribution in [0.5, 0.6) is 0 Å². The zero-order valence-electron chi connectivity index (χ0n) is 7.10. The molecule has 1 aromatic carbocycles. The number of halogens is 2. The first-order valence-corrected chi connectivity index (χ1v) is 4.12. The third-order valence-corrected chi connectivity index (χ3v) is 2.40. The van der Waals surface area contributed by atoms with Crippen molar-refractivity contribution in [1.29, 1.82) is 0 Å². The lowest BCUT2D eigenvalue weighted by Crippen LogP contribution is -2.05. The summed E-state index contributed by atoms with van der Waals surface area (Å²) in [5.74, 6) is -2.44. The molecule has 1 aromatic rings. The molecule has 0 spiro atoms. The minimum atomic E-state index is -0.994. The maximum atomic E-state index is 13.1. The van der Waals surface area contributed by atoms with E-state index in [2.05, 4.69) is 0 Å². The van der Waals surface area contributed by atoms with Crippen molar-refractivity contribution in [2.45, 2.75) is 13.3 Å². The molecule has 1 aliphatic carbocycles. The van der Waals surface area contributed by atoms with Crippen LogP contribution in [0.25, 0.3) is 0 Å². The Bertz CT molecular complexity index is 385. The molecule has 1 unspecified atom stereocenters. The van der Waals surface area contributed by atoms with Crippen LogP contribution in [0.4, 0.5) is 8.78 Å². The zero-order valence-corrected chi connectivity index (χ0v) is 7.10. The average Bonchev–Trinajstić information content (AvgIpc) is 2.37. The standard InChI is InChI=1S/C10H8F2O/c1-5-4-6-2-3-7(11)9(12)8(6)10(5)13/h2-3,5H,4H2,1H3. The van der Waals surface area contributed by atoms with Crippen molar-refractivity contribution in [3.05, 3.63) is 34.9 Å². The Labute approximate surface area is 74.4 Å². The van der Waals surface area contributed by atoms with E-state index in [9.17, 15) is 13.6 Å². The van der Waals surface area contributed by atoms with Crippen LogP contribution in [0.15, 0.2) is 12.1 Å². The minimum absolute atomic E-state index is 0.0486. The van der Waals surface area contributed by atoms with Gasteiger partial charge in [-0.15, -0.1) is 0 Å². The summed E-state index contributed by atoms with van der Waals surface area (Å²) in [7, 11) is 0. The molecule has 0 fully saturated rings. The predicted molar refractivity (Wildman–Crippen MR) is 43.6 cm³/mol. The van der Waals surface area contributed by atoms with Gasteiger partial charge in [0, 0.05) is 5.92 Å². The molecule has 0 aromatic heterocycles. The summed E-state index contributed by atoms with van der Waals surface area (Å²) in [6.45, 7) is 1.72. The molecule has 0 heterocycles. The van der Waals surface area contributed by atoms with E-state index in [1.165, 1.54) is 6.07 Å². The molecular weight excluding hydrogens is 174 g/mol. The van der Waals surface area contributed by atoms with Crippen molar-refractivity contribution in [3.63, 3.8) is 0 Å². The molecule has 0 N–H and O–H groups in total. The molecule has 1 atom stereocenters. The van der Waals surface area contributed by atoms with Gasteiger partial charge < -0.3 is 0 Å². The number of Topliss-reactive ketones (excluding diaryl/α,β-unsaturated/α-hetero) is 1. The highest BCUT2D eigenvalue weighted by Gasteiger charge is 2.31. The highest BCUT2D eigenvalue weighted by atomic mass is 19.2. The van der Waals surface area contributed by atoms with E-state index in [1.807, 2.05) is 0 Å². The van der Waals surface area contributed by atoms with E-state index in [1.54, 1.807) is 6.92 Å². The van der Waals surface area contributed by atoms with E-state index >= 15 is 0 Å². The third-order valence-electron chi connectivity index (χ3n) is 2.40. The number of rotatable bonds is 0. The molecule has 0 bridgehead atoms. The average molecular weight is 182 g/mol. The fourth-order valence-corrected chi connectivity index (χ4v) is 1.70. The predicted octanol–water partition coefficient (Wildman–Crippen LogP) is 2.34. The van der Waals surface area contributed by atoms with Gasteiger partial charge >= 0.3 is 0 Å². The van der Waals surface area contributed by atoms with Crippen LogP contribution >= 0.6 is 0 Å². The van der Waals surface area contributed by atoms with Crippen molar-refractivity contribution in [2.75, 3.05) is 0 Å². The van der Waals surface area contributed by atoms with E-state index in [0.29, 0.717) is 12.0 Å². The van der Waals surface area contributed by atoms with Crippen molar-refractivity contribution in [2.24, 2.45) is 5.92 Å². The van der Waals surface area contributed by atoms with Crippen LogP contribution in [0, 0.1) is 17.6 Å². The summed E-state index contributed by atoms with van der Waals surface area (Å²) in [5, 5.41) is 0. The lowest BCUT2D eigenvalue weighted by molar-refractivity contribution is 0.0942. The van der Waals surface area contributed by atoms with Gasteiger partial charge in [0.15, 0.2) is 17.4 Å². The van der Waals surface area contributed by atoms with Crippen LogP contribution in [0.3, 0.4) is 0 Å². The summed E-state index contributed by atoms with van der Waals surface area (Å²) >= 11 is 0. The number of carbonyl (C=O) groups excluding carboxylic acids is 1. The summed E-state index contributed by atoms with van der Waals surface area (Å²) in [5.41, 5.74) is 0.573. The Morgan fingerprint density at radius 3 is 2.77 bits per heavy atom. The number of carbonyl (C=O) groups is 1. The van der Waals surface area contributed by atoms with Gasteiger partial charge in [-0.1, -0.05) is 13.0 Å². The first-order chi connectivity index (χ1) is 6.11. The maximum absolute atomic E-state index is 13.1. The molecule has 3 heteroatoms. The second kappa shape index (κ2) is 2.62. The molecule has 2 rings (SSSR count). The molecule has 0 saturated carbocycles. The third kappa shape index (κ3) is 1.07. The van der Waals surface area contributed by atoms with Gasteiger partial charge in [-0.2, -0.15) is 0 Å². The zero-order chi connectivity index (χ0) is 9.59. The van der Waals surface area contributed by atoms with Gasteiger partial charge in [0.1, 0.15) is 0 Å². The van der Waals surface area contributed by atoms with Gasteiger partial charge in [-0.25, -0.2) is 8.78 Å². The lowest BCUT2D eigenvalue weighted by atomic mass is 10.1. The fraction of sp³-hybridized carbons (Fsp3) is 0.300. The van der Waals surface area contributed by atoms with Gasteiger partial charge in [-0.05, 0) is 18.1 Å². The van der Waals surface area contributed by atoms with Crippen LogP contribution in [-0.4, -0.2) is 5.78 Å². The number of hydrogen-bond donors (Lipinski definition) is 0. The molecule has 0 amide bonds. The summed E-state index contributed by atoms with van der Waals surface area (Å²) in [4.78, 5) is 11.4. The molecule has 0 saturated heterocycles. The molecule has 68 valence electrons. The number of fused-ring (bicyclic) bond motifs is 1. The Morgan fingerprint density at radius 1 is 1.38 bits per heavy atom. The SMILES string of the molecule is CC1Cc2ccc(F)c(F)c2C1=O. The first-order valence-electron chi connectivity index (χ1n) is 4.12. The van der Waals surface area contributed by atoms with Gasteiger partial charge in [0.25, 0.3) is 0 Å². The Morgan fingerprint density at radius 2 is 2.08 bits per heavy atom. The van der Waals surface area contributed by atoms with Gasteiger partial charge in [0.05, 0.1) is 5.56 Å². The summed E-state index contributed by atoms with van der Waals surface area (Å²) in [6.07, 6.45) is 0.519. The first kappa shape index (κ1) is 8.35. The Balaban J connectivity index is 2.66. The fourth-order valence-electron chi connectivity index (χ4n) is 1.70. The second-order valence-corrected chi connectivity index (χ2v) is 3.36. The topological polar surface area (TPSA) is 17.1 Å². The smallest absolute Gasteiger partial charge is 0.169 e. The molecular formula is C10H8F2O. The highest BCUT2D eigenvalue weighted by Crippen LogP contribution is 2.29. The lowest BCUT2D eigenvalue weighted by Gasteiger charge is -1.99. The molecule has 1 nitrogen and oxygen atoms in total. The molecule has 0 aliphatic heterocycles. The molecule has 1 aliphatic rings. The van der Waals surface area contributed by atoms with E-state index in [-0.39, 0.29) is 17.3 Å². The largest absolute Gasteiger partial charge is 0.294 e. The van der Waals surface area contributed by atoms with Crippen molar-refractivity contribution < 1.29 is 13.6 Å². The van der Waals surface area contributed by atoms with Crippen molar-refractivity contribution >= 4 is 5.78 Å². The van der Waals surface area contributed by atoms with Crippen molar-refractivity contribution in [1.82, 2.24) is 0 Å². The van der Waals surface area contributed by atoms with Gasteiger partial charge in [0.2, 0.25) is 0 Å². The quantitative estimate of drug-likeness (QED) is 0.601.